The molecule has 0 aliphatic rings. The molecule has 0 bridgehead atoms. The molecule has 0 heteroatoms. The second-order valence-corrected chi connectivity index (χ2v) is 6.18. The first-order chi connectivity index (χ1) is 11.2. The van der Waals surface area contributed by atoms with E-state index in [4.69, 9.17) is 0 Å². The van der Waals surface area contributed by atoms with E-state index in [1.807, 2.05) is 0 Å². The van der Waals surface area contributed by atoms with Gasteiger partial charge >= 0.3 is 0 Å². The van der Waals surface area contributed by atoms with E-state index in [0.29, 0.717) is 5.92 Å². The second kappa shape index (κ2) is 7.16. The van der Waals surface area contributed by atoms with Crippen LogP contribution in [0.3, 0.4) is 0 Å². The Hall–Kier alpha value is -2.52. The third-order valence-corrected chi connectivity index (χ3v) is 4.31. The van der Waals surface area contributed by atoms with E-state index >= 15 is 0 Å². The van der Waals surface area contributed by atoms with Gasteiger partial charge in [-0.3, -0.25) is 0 Å². The van der Waals surface area contributed by atoms with Crippen molar-refractivity contribution in [2.45, 2.75) is 32.6 Å². The quantitative estimate of drug-likeness (QED) is 0.514. The van der Waals surface area contributed by atoms with Gasteiger partial charge in [0.15, 0.2) is 0 Å². The summed E-state index contributed by atoms with van der Waals surface area (Å²) in [5.74, 6) is 7.13. The Morgan fingerprint density at radius 2 is 1.70 bits per heavy atom. The standard InChI is InChI=1S/C23H22/c1-18-9-7-12-20(17-18)11-4-3-10-19(2)22-16-8-14-21-13-5-6-15-23(21)22/h5-9,12-17,19H,3,10H2,1-2H3. The number of hydrogen-bond acceptors (Lipinski definition) is 0. The van der Waals surface area contributed by atoms with Crippen LogP contribution in [0, 0.1) is 18.8 Å². The third-order valence-electron chi connectivity index (χ3n) is 4.31. The number of aryl methyl sites for hydroxylation is 1. The third kappa shape index (κ3) is 3.82. The zero-order valence-corrected chi connectivity index (χ0v) is 13.8. The summed E-state index contributed by atoms with van der Waals surface area (Å²) in [7, 11) is 0. The monoisotopic (exact) mass is 298 g/mol. The zero-order chi connectivity index (χ0) is 16.1. The molecule has 0 aliphatic carbocycles. The van der Waals surface area contributed by atoms with Crippen LogP contribution in [0.25, 0.3) is 10.8 Å². The molecule has 1 atom stereocenters. The van der Waals surface area contributed by atoms with Crippen molar-refractivity contribution in [3.8, 4) is 11.8 Å². The van der Waals surface area contributed by atoms with E-state index in [1.54, 1.807) is 0 Å². The number of fused-ring (bicyclic) bond motifs is 1. The molecule has 0 amide bonds. The summed E-state index contributed by atoms with van der Waals surface area (Å²) in [5.41, 5.74) is 3.81. The van der Waals surface area contributed by atoms with E-state index in [9.17, 15) is 0 Å². The average molecular weight is 298 g/mol. The number of rotatable bonds is 3. The summed E-state index contributed by atoms with van der Waals surface area (Å²) in [5, 5.41) is 2.69. The molecule has 0 fully saturated rings. The molecule has 0 radical (unpaired) electrons. The fraction of sp³-hybridized carbons (Fsp3) is 0.217. The topological polar surface area (TPSA) is 0 Å². The maximum absolute atomic E-state index is 3.33. The minimum Gasteiger partial charge on any atom is -0.0979 e. The van der Waals surface area contributed by atoms with Crippen LogP contribution >= 0.6 is 0 Å². The first kappa shape index (κ1) is 15.4. The molecule has 114 valence electrons. The molecule has 3 rings (SSSR count). The molecular formula is C23H22. The van der Waals surface area contributed by atoms with Gasteiger partial charge in [-0.2, -0.15) is 0 Å². The van der Waals surface area contributed by atoms with E-state index < -0.39 is 0 Å². The van der Waals surface area contributed by atoms with Crippen LogP contribution in [-0.2, 0) is 0 Å². The molecule has 0 N–H and O–H groups in total. The van der Waals surface area contributed by atoms with Gasteiger partial charge in [0, 0.05) is 12.0 Å². The lowest BCUT2D eigenvalue weighted by molar-refractivity contribution is 0.703. The highest BCUT2D eigenvalue weighted by Crippen LogP contribution is 2.28. The van der Waals surface area contributed by atoms with Crippen LogP contribution in [0.15, 0.2) is 66.7 Å². The lowest BCUT2D eigenvalue weighted by atomic mass is 9.91. The van der Waals surface area contributed by atoms with Crippen LogP contribution < -0.4 is 0 Å². The SMILES string of the molecule is Cc1cccc(C#CCCC(C)c2cccc3ccccc23)c1. The van der Waals surface area contributed by atoms with Gasteiger partial charge in [0.1, 0.15) is 0 Å². The van der Waals surface area contributed by atoms with Crippen LogP contribution in [0.2, 0.25) is 0 Å². The smallest absolute Gasteiger partial charge is 0.0247 e. The van der Waals surface area contributed by atoms with Gasteiger partial charge in [0.05, 0.1) is 0 Å². The van der Waals surface area contributed by atoms with E-state index in [1.165, 1.54) is 21.9 Å². The van der Waals surface area contributed by atoms with Crippen molar-refractivity contribution < 1.29 is 0 Å². The number of hydrogen-bond donors (Lipinski definition) is 0. The fourth-order valence-corrected chi connectivity index (χ4v) is 3.01. The molecule has 23 heavy (non-hydrogen) atoms. The molecule has 0 aliphatic heterocycles. The molecule has 0 nitrogen and oxygen atoms in total. The Morgan fingerprint density at radius 1 is 0.913 bits per heavy atom. The summed E-state index contributed by atoms with van der Waals surface area (Å²) in [4.78, 5) is 0. The van der Waals surface area contributed by atoms with Gasteiger partial charge < -0.3 is 0 Å². The van der Waals surface area contributed by atoms with Crippen LogP contribution in [-0.4, -0.2) is 0 Å². The lowest BCUT2D eigenvalue weighted by Crippen LogP contribution is -1.94. The molecule has 0 saturated carbocycles. The fourth-order valence-electron chi connectivity index (χ4n) is 3.01. The van der Waals surface area contributed by atoms with E-state index in [-0.39, 0.29) is 0 Å². The van der Waals surface area contributed by atoms with Crippen LogP contribution in [0.1, 0.15) is 42.4 Å². The van der Waals surface area contributed by atoms with Gasteiger partial charge in [-0.15, -0.1) is 0 Å². The van der Waals surface area contributed by atoms with Gasteiger partial charge in [-0.05, 0) is 53.3 Å². The van der Waals surface area contributed by atoms with Gasteiger partial charge in [-0.1, -0.05) is 73.4 Å². The van der Waals surface area contributed by atoms with Gasteiger partial charge in [0.2, 0.25) is 0 Å². The Labute approximate surface area is 139 Å². The Morgan fingerprint density at radius 3 is 2.57 bits per heavy atom. The summed E-state index contributed by atoms with van der Waals surface area (Å²) in [6.07, 6.45) is 2.02. The molecule has 3 aromatic rings. The van der Waals surface area contributed by atoms with Crippen molar-refractivity contribution in [2.75, 3.05) is 0 Å². The average Bonchev–Trinajstić information content (AvgIpc) is 2.58. The normalized spacial score (nSPS) is 11.7. The zero-order valence-electron chi connectivity index (χ0n) is 13.8. The first-order valence-electron chi connectivity index (χ1n) is 8.27. The number of benzene rings is 3. The van der Waals surface area contributed by atoms with E-state index in [2.05, 4.69) is 92.4 Å². The minimum atomic E-state index is 0.521. The Kier molecular flexibility index (Phi) is 4.79. The summed E-state index contributed by atoms with van der Waals surface area (Å²) >= 11 is 0. The van der Waals surface area contributed by atoms with Crippen molar-refractivity contribution in [2.24, 2.45) is 0 Å². The predicted molar refractivity (Wildman–Crippen MR) is 99.7 cm³/mol. The highest BCUT2D eigenvalue weighted by Gasteiger charge is 2.08. The van der Waals surface area contributed by atoms with Crippen molar-refractivity contribution in [3.63, 3.8) is 0 Å². The Bertz CT molecular complexity index is 856. The minimum absolute atomic E-state index is 0.521. The van der Waals surface area contributed by atoms with Crippen molar-refractivity contribution >= 4 is 10.8 Å². The largest absolute Gasteiger partial charge is 0.0979 e. The molecular weight excluding hydrogens is 276 g/mol. The Balaban J connectivity index is 1.69. The van der Waals surface area contributed by atoms with E-state index in [0.717, 1.165) is 18.4 Å². The first-order valence-corrected chi connectivity index (χ1v) is 8.27. The summed E-state index contributed by atoms with van der Waals surface area (Å²) in [6.45, 7) is 4.41. The maximum Gasteiger partial charge on any atom is 0.0247 e. The van der Waals surface area contributed by atoms with Gasteiger partial charge in [0.25, 0.3) is 0 Å². The van der Waals surface area contributed by atoms with Crippen LogP contribution in [0.5, 0.6) is 0 Å². The van der Waals surface area contributed by atoms with Crippen LogP contribution in [0.4, 0.5) is 0 Å². The lowest BCUT2D eigenvalue weighted by Gasteiger charge is -2.13. The van der Waals surface area contributed by atoms with Gasteiger partial charge in [-0.25, -0.2) is 0 Å². The molecule has 0 aromatic heterocycles. The second-order valence-electron chi connectivity index (χ2n) is 6.18. The summed E-state index contributed by atoms with van der Waals surface area (Å²) in [6, 6.07) is 23.6. The molecule has 3 aromatic carbocycles. The molecule has 0 spiro atoms. The van der Waals surface area contributed by atoms with Crippen molar-refractivity contribution in [1.29, 1.82) is 0 Å². The maximum atomic E-state index is 3.33. The molecule has 1 unspecified atom stereocenters. The highest BCUT2D eigenvalue weighted by atomic mass is 14.1. The molecule has 0 heterocycles. The highest BCUT2D eigenvalue weighted by molar-refractivity contribution is 5.86. The predicted octanol–water partition coefficient (Wildman–Crippen LogP) is 6.08. The van der Waals surface area contributed by atoms with Crippen molar-refractivity contribution in [1.82, 2.24) is 0 Å². The van der Waals surface area contributed by atoms with Crippen molar-refractivity contribution in [3.05, 3.63) is 83.4 Å². The molecule has 0 saturated heterocycles. The summed E-state index contributed by atoms with van der Waals surface area (Å²) < 4.78 is 0.